The third-order valence-electron chi connectivity index (χ3n) is 2.52. The monoisotopic (exact) mass is 220 g/mol. The first kappa shape index (κ1) is 12.2. The van der Waals surface area contributed by atoms with Crippen molar-refractivity contribution in [1.29, 1.82) is 0 Å². The van der Waals surface area contributed by atoms with Gasteiger partial charge in [0, 0.05) is 0 Å². The zero-order valence-corrected chi connectivity index (χ0v) is 10.9. The van der Waals surface area contributed by atoms with Crippen molar-refractivity contribution in [3.63, 3.8) is 0 Å². The summed E-state index contributed by atoms with van der Waals surface area (Å²) in [6.45, 7) is 11.1. The number of aryl methyl sites for hydroxylation is 1. The van der Waals surface area contributed by atoms with Gasteiger partial charge in [0.25, 0.3) is 0 Å². The van der Waals surface area contributed by atoms with E-state index < -0.39 is 8.32 Å². The Balaban J connectivity index is 2.57. The molecule has 0 aliphatic rings. The van der Waals surface area contributed by atoms with Crippen LogP contribution in [0.5, 0.6) is 0 Å². The first-order valence-corrected chi connectivity index (χ1v) is 8.46. The highest BCUT2D eigenvalue weighted by atomic mass is 28.4. The summed E-state index contributed by atoms with van der Waals surface area (Å²) in [6.07, 6.45) is 1.96. The molecule has 0 radical (unpaired) electrons. The zero-order chi connectivity index (χ0) is 11.3. The van der Waals surface area contributed by atoms with Crippen LogP contribution < -0.4 is 0 Å². The molecule has 0 spiro atoms. The fraction of sp³-hybridized carbons (Fsp3) is 0.385. The second-order valence-electron chi connectivity index (χ2n) is 4.47. The lowest BCUT2D eigenvalue weighted by Crippen LogP contribution is -2.29. The normalized spacial score (nSPS) is 11.4. The van der Waals surface area contributed by atoms with E-state index in [1.807, 2.05) is 6.08 Å². The minimum atomic E-state index is -1.53. The maximum Gasteiger partial charge on any atom is 0.190 e. The van der Waals surface area contributed by atoms with Crippen LogP contribution in [0.25, 0.3) is 0 Å². The van der Waals surface area contributed by atoms with Crippen LogP contribution in [0.2, 0.25) is 19.1 Å². The van der Waals surface area contributed by atoms with Gasteiger partial charge in [0.05, 0.1) is 6.61 Å². The number of hydrogen-bond donors (Lipinski definition) is 0. The van der Waals surface area contributed by atoms with Gasteiger partial charge in [-0.25, -0.2) is 0 Å². The maximum absolute atomic E-state index is 6.00. The second kappa shape index (κ2) is 5.28. The van der Waals surface area contributed by atoms with Crippen molar-refractivity contribution < 1.29 is 4.43 Å². The first-order chi connectivity index (χ1) is 7.05. The highest BCUT2D eigenvalue weighted by molar-refractivity contribution is 6.71. The number of rotatable bonds is 5. The summed E-state index contributed by atoms with van der Waals surface area (Å²) in [6, 6.07) is 9.40. The summed E-state index contributed by atoms with van der Waals surface area (Å²) in [5.41, 5.74) is 2.60. The van der Waals surface area contributed by atoms with Crippen molar-refractivity contribution in [2.45, 2.75) is 32.7 Å². The Morgan fingerprint density at radius 1 is 1.33 bits per heavy atom. The van der Waals surface area contributed by atoms with Gasteiger partial charge in [0.2, 0.25) is 0 Å². The first-order valence-electron chi connectivity index (χ1n) is 5.34. The minimum Gasteiger partial charge on any atom is -0.413 e. The molecule has 1 nitrogen and oxygen atoms in total. The minimum absolute atomic E-state index is 0.736. The average Bonchev–Trinajstić information content (AvgIpc) is 2.16. The molecule has 0 N–H and O–H groups in total. The molecule has 0 aromatic heterocycles. The Labute approximate surface area is 93.9 Å². The van der Waals surface area contributed by atoms with Crippen molar-refractivity contribution in [2.24, 2.45) is 0 Å². The predicted molar refractivity (Wildman–Crippen MR) is 68.5 cm³/mol. The Bertz CT molecular complexity index is 331. The van der Waals surface area contributed by atoms with Crippen molar-refractivity contribution in [3.8, 4) is 0 Å². The van der Waals surface area contributed by atoms with Crippen LogP contribution in [0.3, 0.4) is 0 Å². The zero-order valence-electron chi connectivity index (χ0n) is 9.92. The van der Waals surface area contributed by atoms with E-state index in [-0.39, 0.29) is 0 Å². The molecule has 82 valence electrons. The van der Waals surface area contributed by atoms with Gasteiger partial charge >= 0.3 is 0 Å². The summed E-state index contributed by atoms with van der Waals surface area (Å²) in [5, 5.41) is 0. The van der Waals surface area contributed by atoms with Gasteiger partial charge in [0.15, 0.2) is 8.32 Å². The smallest absolute Gasteiger partial charge is 0.190 e. The third-order valence-corrected chi connectivity index (χ3v) is 4.71. The molecule has 1 aromatic carbocycles. The Hall–Kier alpha value is -0.863. The molecule has 1 aromatic rings. The molecule has 0 unspecified atom stereocenters. The standard InChI is InChI=1S/C13H20OSi/c1-5-10-15(3,4)14-11-13-9-7-6-8-12(13)2/h5-9H,1,10-11H2,2-4H3. The van der Waals surface area contributed by atoms with Gasteiger partial charge in [-0.05, 0) is 37.2 Å². The van der Waals surface area contributed by atoms with Crippen molar-refractivity contribution in [2.75, 3.05) is 0 Å². The van der Waals surface area contributed by atoms with Gasteiger partial charge < -0.3 is 4.43 Å². The largest absolute Gasteiger partial charge is 0.413 e. The molecule has 0 atom stereocenters. The fourth-order valence-corrected chi connectivity index (χ4v) is 2.81. The average molecular weight is 220 g/mol. The van der Waals surface area contributed by atoms with Crippen molar-refractivity contribution in [1.82, 2.24) is 0 Å². The summed E-state index contributed by atoms with van der Waals surface area (Å²) in [7, 11) is -1.53. The molecule has 15 heavy (non-hydrogen) atoms. The van der Waals surface area contributed by atoms with Gasteiger partial charge in [-0.1, -0.05) is 30.3 Å². The quantitative estimate of drug-likeness (QED) is 0.540. The third kappa shape index (κ3) is 4.02. The molecule has 0 amide bonds. The number of allylic oxidation sites excluding steroid dienone is 1. The Morgan fingerprint density at radius 3 is 2.60 bits per heavy atom. The summed E-state index contributed by atoms with van der Waals surface area (Å²) < 4.78 is 6.00. The highest BCUT2D eigenvalue weighted by Crippen LogP contribution is 2.16. The molecule has 0 heterocycles. The molecule has 0 aliphatic carbocycles. The van der Waals surface area contributed by atoms with Crippen LogP contribution in [-0.4, -0.2) is 8.32 Å². The number of benzene rings is 1. The van der Waals surface area contributed by atoms with Gasteiger partial charge in [-0.15, -0.1) is 6.58 Å². The van der Waals surface area contributed by atoms with E-state index in [4.69, 9.17) is 4.43 Å². The lowest BCUT2D eigenvalue weighted by Gasteiger charge is -2.21. The van der Waals surface area contributed by atoms with Gasteiger partial charge in [-0.3, -0.25) is 0 Å². The SMILES string of the molecule is C=CC[Si](C)(C)OCc1ccccc1C. The molecule has 0 saturated carbocycles. The predicted octanol–water partition coefficient (Wildman–Crippen LogP) is 3.90. The molecular formula is C13H20OSi. The van der Waals surface area contributed by atoms with Gasteiger partial charge in [0.1, 0.15) is 0 Å². The van der Waals surface area contributed by atoms with E-state index in [1.54, 1.807) is 0 Å². The molecule has 0 fully saturated rings. The topological polar surface area (TPSA) is 9.23 Å². The van der Waals surface area contributed by atoms with E-state index in [1.165, 1.54) is 11.1 Å². The Morgan fingerprint density at radius 2 is 2.00 bits per heavy atom. The fourth-order valence-electron chi connectivity index (χ4n) is 1.45. The molecular weight excluding hydrogens is 200 g/mol. The van der Waals surface area contributed by atoms with Crippen LogP contribution in [0, 0.1) is 6.92 Å². The molecule has 0 aliphatic heterocycles. The lowest BCUT2D eigenvalue weighted by atomic mass is 10.1. The maximum atomic E-state index is 6.00. The second-order valence-corrected chi connectivity index (χ2v) is 8.68. The summed E-state index contributed by atoms with van der Waals surface area (Å²) in [5.74, 6) is 0. The lowest BCUT2D eigenvalue weighted by molar-refractivity contribution is 0.296. The molecule has 0 saturated heterocycles. The van der Waals surface area contributed by atoms with Crippen LogP contribution in [-0.2, 0) is 11.0 Å². The molecule has 0 bridgehead atoms. The van der Waals surface area contributed by atoms with E-state index in [0.29, 0.717) is 0 Å². The molecule has 2 heteroatoms. The highest BCUT2D eigenvalue weighted by Gasteiger charge is 2.20. The van der Waals surface area contributed by atoms with E-state index >= 15 is 0 Å². The van der Waals surface area contributed by atoms with Gasteiger partial charge in [-0.2, -0.15) is 0 Å². The van der Waals surface area contributed by atoms with Crippen LogP contribution in [0.1, 0.15) is 11.1 Å². The van der Waals surface area contributed by atoms with Crippen LogP contribution >= 0.6 is 0 Å². The summed E-state index contributed by atoms with van der Waals surface area (Å²) in [4.78, 5) is 0. The molecule has 1 rings (SSSR count). The van der Waals surface area contributed by atoms with E-state index in [2.05, 4.69) is 50.9 Å². The van der Waals surface area contributed by atoms with Crippen LogP contribution in [0.15, 0.2) is 36.9 Å². The van der Waals surface area contributed by atoms with Crippen molar-refractivity contribution in [3.05, 3.63) is 48.0 Å². The van der Waals surface area contributed by atoms with E-state index in [0.717, 1.165) is 12.7 Å². The number of hydrogen-bond acceptors (Lipinski definition) is 1. The van der Waals surface area contributed by atoms with Crippen molar-refractivity contribution >= 4 is 8.32 Å². The Kier molecular flexibility index (Phi) is 4.30. The van der Waals surface area contributed by atoms with Crippen LogP contribution in [0.4, 0.5) is 0 Å². The van der Waals surface area contributed by atoms with E-state index in [9.17, 15) is 0 Å². The summed E-state index contributed by atoms with van der Waals surface area (Å²) >= 11 is 0.